The third kappa shape index (κ3) is 1.68. The minimum atomic E-state index is -0.0441. The van der Waals surface area contributed by atoms with Crippen LogP contribution in [-0.2, 0) is 0 Å². The van der Waals surface area contributed by atoms with Gasteiger partial charge in [0.15, 0.2) is 0 Å². The summed E-state index contributed by atoms with van der Waals surface area (Å²) in [7, 11) is 0. The van der Waals surface area contributed by atoms with Crippen LogP contribution in [0.3, 0.4) is 0 Å². The summed E-state index contributed by atoms with van der Waals surface area (Å²) in [6, 6.07) is 10.4. The van der Waals surface area contributed by atoms with E-state index in [4.69, 9.17) is 5.73 Å². The molecule has 0 fully saturated rings. The van der Waals surface area contributed by atoms with Gasteiger partial charge in [-0.1, -0.05) is 18.2 Å². The number of nitrogens with two attached hydrogens (primary N) is 1. The quantitative estimate of drug-likeness (QED) is 0.708. The van der Waals surface area contributed by atoms with Gasteiger partial charge < -0.3 is 10.7 Å². The molecule has 2 nitrogen and oxygen atoms in total. The van der Waals surface area contributed by atoms with E-state index in [0.717, 1.165) is 11.2 Å². The molecule has 0 aliphatic carbocycles. The summed E-state index contributed by atoms with van der Waals surface area (Å²) in [5.41, 5.74) is 11.1. The molecular weight excluding hydrogens is 228 g/mol. The lowest BCUT2D eigenvalue weighted by Gasteiger charge is -2.10. The highest BCUT2D eigenvalue weighted by Crippen LogP contribution is 2.30. The van der Waals surface area contributed by atoms with Crippen LogP contribution in [0.2, 0.25) is 0 Å². The molecule has 86 valence electrons. The molecule has 2 heterocycles. The molecule has 0 unspecified atom stereocenters. The molecule has 0 saturated carbocycles. The predicted molar refractivity (Wildman–Crippen MR) is 73.4 cm³/mol. The first-order valence-corrected chi connectivity index (χ1v) is 6.56. The summed E-state index contributed by atoms with van der Waals surface area (Å²) in [5, 5.41) is 5.41. The van der Waals surface area contributed by atoms with Crippen molar-refractivity contribution in [3.63, 3.8) is 0 Å². The lowest BCUT2D eigenvalue weighted by molar-refractivity contribution is 0.873. The molecule has 3 heteroatoms. The van der Waals surface area contributed by atoms with Gasteiger partial charge in [0.1, 0.15) is 0 Å². The fourth-order valence-corrected chi connectivity index (χ4v) is 3.01. The first-order chi connectivity index (χ1) is 8.27. The summed E-state index contributed by atoms with van der Waals surface area (Å²) in [6.07, 6.45) is 0. The van der Waals surface area contributed by atoms with Crippen molar-refractivity contribution >= 4 is 22.2 Å². The Morgan fingerprint density at radius 1 is 1.24 bits per heavy atom. The van der Waals surface area contributed by atoms with Crippen LogP contribution in [0, 0.1) is 6.92 Å². The average Bonchev–Trinajstić information content (AvgIpc) is 2.94. The van der Waals surface area contributed by atoms with E-state index in [9.17, 15) is 0 Å². The number of H-pyrrole nitrogens is 1. The number of aromatic nitrogens is 1. The lowest BCUT2D eigenvalue weighted by Crippen LogP contribution is -2.11. The van der Waals surface area contributed by atoms with Gasteiger partial charge in [0.2, 0.25) is 0 Å². The molecule has 2 aromatic heterocycles. The molecule has 3 aromatic rings. The van der Waals surface area contributed by atoms with E-state index in [1.165, 1.54) is 16.5 Å². The minimum Gasteiger partial charge on any atom is -0.358 e. The number of fused-ring (bicyclic) bond motifs is 1. The molecule has 0 aliphatic heterocycles. The molecule has 0 bridgehead atoms. The zero-order valence-corrected chi connectivity index (χ0v) is 10.4. The highest BCUT2D eigenvalue weighted by molar-refractivity contribution is 7.08. The van der Waals surface area contributed by atoms with Crippen molar-refractivity contribution in [3.8, 4) is 0 Å². The molecule has 0 radical (unpaired) electrons. The van der Waals surface area contributed by atoms with Crippen LogP contribution in [0.4, 0.5) is 0 Å². The monoisotopic (exact) mass is 242 g/mol. The van der Waals surface area contributed by atoms with Crippen LogP contribution in [-0.4, -0.2) is 4.98 Å². The maximum atomic E-state index is 6.36. The number of nitrogens with one attached hydrogen (secondary N) is 1. The molecule has 3 N–H and O–H groups in total. The Bertz CT molecular complexity index is 637. The lowest BCUT2D eigenvalue weighted by atomic mass is 9.99. The summed E-state index contributed by atoms with van der Waals surface area (Å²) in [4.78, 5) is 3.39. The van der Waals surface area contributed by atoms with Crippen molar-refractivity contribution in [1.82, 2.24) is 4.98 Å². The Hall–Kier alpha value is -1.58. The van der Waals surface area contributed by atoms with Gasteiger partial charge >= 0.3 is 0 Å². The summed E-state index contributed by atoms with van der Waals surface area (Å²) >= 11 is 1.69. The second-order valence-electron chi connectivity index (χ2n) is 4.24. The Morgan fingerprint density at radius 2 is 2.06 bits per heavy atom. The molecule has 0 amide bonds. The maximum Gasteiger partial charge on any atom is 0.0583 e. The summed E-state index contributed by atoms with van der Waals surface area (Å²) < 4.78 is 0. The number of aryl methyl sites for hydroxylation is 1. The fourth-order valence-electron chi connectivity index (χ4n) is 2.32. The topological polar surface area (TPSA) is 41.8 Å². The fraction of sp³-hybridized carbons (Fsp3) is 0.143. The van der Waals surface area contributed by atoms with Gasteiger partial charge in [-0.25, -0.2) is 0 Å². The van der Waals surface area contributed by atoms with Gasteiger partial charge in [0.25, 0.3) is 0 Å². The van der Waals surface area contributed by atoms with Gasteiger partial charge in [-0.2, -0.15) is 11.3 Å². The number of rotatable bonds is 2. The molecular formula is C14H14N2S. The molecule has 0 saturated heterocycles. The van der Waals surface area contributed by atoms with E-state index in [1.54, 1.807) is 11.3 Å². The standard InChI is InChI=1S/C14H14N2S/c1-9-13(14(15)10-6-7-17-8-10)11-4-2-3-5-12(11)16-9/h2-8,14,16H,15H2,1H3/t14-/m1/s1. The molecule has 0 spiro atoms. The molecule has 1 atom stereocenters. The van der Waals surface area contributed by atoms with E-state index < -0.39 is 0 Å². The van der Waals surface area contributed by atoms with Crippen molar-refractivity contribution in [2.45, 2.75) is 13.0 Å². The number of benzene rings is 1. The van der Waals surface area contributed by atoms with Gasteiger partial charge in [-0.05, 0) is 35.4 Å². The van der Waals surface area contributed by atoms with Crippen LogP contribution < -0.4 is 5.73 Å². The molecule has 3 rings (SSSR count). The molecule has 1 aromatic carbocycles. The highest BCUT2D eigenvalue weighted by atomic mass is 32.1. The Labute approximate surface area is 104 Å². The Morgan fingerprint density at radius 3 is 2.82 bits per heavy atom. The van der Waals surface area contributed by atoms with E-state index in [1.807, 2.05) is 6.07 Å². The largest absolute Gasteiger partial charge is 0.358 e. The number of hydrogen-bond acceptors (Lipinski definition) is 2. The van der Waals surface area contributed by atoms with Crippen molar-refractivity contribution in [3.05, 3.63) is 57.9 Å². The third-order valence-corrected chi connectivity index (χ3v) is 3.86. The van der Waals surface area contributed by atoms with E-state index >= 15 is 0 Å². The molecule has 17 heavy (non-hydrogen) atoms. The normalized spacial score (nSPS) is 13.1. The van der Waals surface area contributed by atoms with Gasteiger partial charge in [0.05, 0.1) is 6.04 Å². The Balaban J connectivity index is 2.20. The van der Waals surface area contributed by atoms with E-state index in [2.05, 4.69) is 46.9 Å². The SMILES string of the molecule is Cc1[nH]c2ccccc2c1[C@H](N)c1ccsc1. The zero-order valence-electron chi connectivity index (χ0n) is 9.60. The second-order valence-corrected chi connectivity index (χ2v) is 5.02. The first-order valence-electron chi connectivity index (χ1n) is 5.62. The average molecular weight is 242 g/mol. The number of aromatic amines is 1. The summed E-state index contributed by atoms with van der Waals surface area (Å²) in [6.45, 7) is 2.08. The van der Waals surface area contributed by atoms with Crippen LogP contribution in [0.15, 0.2) is 41.1 Å². The zero-order chi connectivity index (χ0) is 11.8. The number of para-hydroxylation sites is 1. The van der Waals surface area contributed by atoms with Gasteiger partial charge in [-0.3, -0.25) is 0 Å². The minimum absolute atomic E-state index is 0.0441. The van der Waals surface area contributed by atoms with Crippen molar-refractivity contribution < 1.29 is 0 Å². The number of thiophene rings is 1. The van der Waals surface area contributed by atoms with Crippen LogP contribution in [0.1, 0.15) is 22.9 Å². The predicted octanol–water partition coefficient (Wildman–Crippen LogP) is 3.59. The highest BCUT2D eigenvalue weighted by Gasteiger charge is 2.16. The number of hydrogen-bond donors (Lipinski definition) is 2. The van der Waals surface area contributed by atoms with Crippen LogP contribution in [0.25, 0.3) is 10.9 Å². The molecule has 0 aliphatic rings. The first kappa shape index (κ1) is 10.6. The Kier molecular flexibility index (Phi) is 2.50. The van der Waals surface area contributed by atoms with Crippen LogP contribution >= 0.6 is 11.3 Å². The second kappa shape index (κ2) is 4.02. The third-order valence-electron chi connectivity index (χ3n) is 3.16. The van der Waals surface area contributed by atoms with E-state index in [-0.39, 0.29) is 6.04 Å². The van der Waals surface area contributed by atoms with Crippen molar-refractivity contribution in [2.24, 2.45) is 5.73 Å². The summed E-state index contributed by atoms with van der Waals surface area (Å²) in [5.74, 6) is 0. The van der Waals surface area contributed by atoms with Crippen LogP contribution in [0.5, 0.6) is 0 Å². The maximum absolute atomic E-state index is 6.36. The van der Waals surface area contributed by atoms with Gasteiger partial charge in [-0.15, -0.1) is 0 Å². The van der Waals surface area contributed by atoms with E-state index in [0.29, 0.717) is 0 Å². The van der Waals surface area contributed by atoms with Crippen molar-refractivity contribution in [2.75, 3.05) is 0 Å². The van der Waals surface area contributed by atoms with Crippen molar-refractivity contribution in [1.29, 1.82) is 0 Å². The smallest absolute Gasteiger partial charge is 0.0583 e. The van der Waals surface area contributed by atoms with Gasteiger partial charge in [0, 0.05) is 22.2 Å².